The summed E-state index contributed by atoms with van der Waals surface area (Å²) in [6.07, 6.45) is 0.905. The zero-order valence-corrected chi connectivity index (χ0v) is 16.0. The molecule has 0 radical (unpaired) electrons. The lowest BCUT2D eigenvalue weighted by Gasteiger charge is -2.23. The molecular formula is C21H27NO4. The first-order valence-electron chi connectivity index (χ1n) is 8.71. The molecule has 1 amide bonds. The maximum atomic E-state index is 13.0. The van der Waals surface area contributed by atoms with Crippen molar-refractivity contribution in [2.24, 2.45) is 5.92 Å². The Labute approximate surface area is 155 Å². The van der Waals surface area contributed by atoms with Gasteiger partial charge in [0.25, 0.3) is 0 Å². The van der Waals surface area contributed by atoms with E-state index >= 15 is 0 Å². The minimum atomic E-state index is -0.236. The number of carbonyl (C=O) groups is 1. The molecule has 0 aromatic heterocycles. The molecule has 0 aliphatic rings. The first-order chi connectivity index (χ1) is 12.5. The Morgan fingerprint density at radius 2 is 1.58 bits per heavy atom. The van der Waals surface area contributed by atoms with Crippen LogP contribution in [0.25, 0.3) is 0 Å². The summed E-state index contributed by atoms with van der Waals surface area (Å²) in [6.45, 7) is 4.18. The van der Waals surface area contributed by atoms with E-state index in [2.05, 4.69) is 19.2 Å². The van der Waals surface area contributed by atoms with E-state index in [9.17, 15) is 4.79 Å². The molecule has 0 aliphatic heterocycles. The van der Waals surface area contributed by atoms with Crippen molar-refractivity contribution < 1.29 is 19.0 Å². The van der Waals surface area contributed by atoms with Crippen LogP contribution in [0.4, 0.5) is 5.69 Å². The van der Waals surface area contributed by atoms with Crippen LogP contribution in [0.1, 0.15) is 31.7 Å². The van der Waals surface area contributed by atoms with Gasteiger partial charge in [-0.2, -0.15) is 0 Å². The minimum Gasteiger partial charge on any atom is -0.493 e. The van der Waals surface area contributed by atoms with Gasteiger partial charge >= 0.3 is 0 Å². The SMILES string of the molecule is CC[C@@H](C)[C@@H](C(=O)Nc1cc(OC)c(OC)c(OC)c1)c1ccccc1. The van der Waals surface area contributed by atoms with Crippen LogP contribution in [0.2, 0.25) is 0 Å². The highest BCUT2D eigenvalue weighted by molar-refractivity contribution is 5.96. The molecule has 0 spiro atoms. The van der Waals surface area contributed by atoms with Crippen molar-refractivity contribution in [1.29, 1.82) is 0 Å². The summed E-state index contributed by atoms with van der Waals surface area (Å²) in [6, 6.07) is 13.3. The Kier molecular flexibility index (Phi) is 6.89. The fourth-order valence-electron chi connectivity index (χ4n) is 3.01. The summed E-state index contributed by atoms with van der Waals surface area (Å²) in [5.74, 6) is 1.41. The van der Waals surface area contributed by atoms with Crippen LogP contribution in [0.15, 0.2) is 42.5 Å². The third-order valence-corrected chi connectivity index (χ3v) is 4.59. The summed E-state index contributed by atoms with van der Waals surface area (Å²) in [5, 5.41) is 3.00. The van der Waals surface area contributed by atoms with Crippen LogP contribution < -0.4 is 19.5 Å². The van der Waals surface area contributed by atoms with Gasteiger partial charge in [0.2, 0.25) is 11.7 Å². The van der Waals surface area contributed by atoms with E-state index in [1.165, 1.54) is 0 Å². The number of anilines is 1. The molecule has 0 saturated heterocycles. The molecule has 2 atom stereocenters. The van der Waals surface area contributed by atoms with Crippen LogP contribution in [-0.4, -0.2) is 27.2 Å². The van der Waals surface area contributed by atoms with Gasteiger partial charge in [0.05, 0.1) is 27.2 Å². The van der Waals surface area contributed by atoms with E-state index in [0.717, 1.165) is 12.0 Å². The fourth-order valence-corrected chi connectivity index (χ4v) is 3.01. The lowest BCUT2D eigenvalue weighted by atomic mass is 9.85. The van der Waals surface area contributed by atoms with E-state index in [0.29, 0.717) is 22.9 Å². The predicted octanol–water partition coefficient (Wildman–Crippen LogP) is 4.48. The van der Waals surface area contributed by atoms with Gasteiger partial charge in [-0.25, -0.2) is 0 Å². The van der Waals surface area contributed by atoms with Crippen LogP contribution in [-0.2, 0) is 4.79 Å². The molecule has 2 rings (SSSR count). The molecule has 5 heteroatoms. The lowest BCUT2D eigenvalue weighted by Crippen LogP contribution is -2.26. The number of carbonyl (C=O) groups excluding carboxylic acids is 1. The zero-order chi connectivity index (χ0) is 19.1. The third-order valence-electron chi connectivity index (χ3n) is 4.59. The third kappa shape index (κ3) is 4.28. The maximum absolute atomic E-state index is 13.0. The van der Waals surface area contributed by atoms with Gasteiger partial charge in [0, 0.05) is 17.8 Å². The summed E-state index contributed by atoms with van der Waals surface area (Å²) in [7, 11) is 4.65. The summed E-state index contributed by atoms with van der Waals surface area (Å²) >= 11 is 0. The molecule has 1 N–H and O–H groups in total. The van der Waals surface area contributed by atoms with Gasteiger partial charge in [-0.15, -0.1) is 0 Å². The molecule has 5 nitrogen and oxygen atoms in total. The molecule has 140 valence electrons. The number of ether oxygens (including phenoxy) is 3. The average Bonchev–Trinajstić information content (AvgIpc) is 2.67. The van der Waals surface area contributed by atoms with Crippen molar-refractivity contribution in [1.82, 2.24) is 0 Å². The smallest absolute Gasteiger partial charge is 0.232 e. The van der Waals surface area contributed by atoms with Crippen molar-refractivity contribution >= 4 is 11.6 Å². The van der Waals surface area contributed by atoms with E-state index in [1.54, 1.807) is 33.5 Å². The first kappa shape index (κ1) is 19.6. The Bertz CT molecular complexity index is 705. The summed E-state index contributed by atoms with van der Waals surface area (Å²) < 4.78 is 16.0. The molecule has 0 aliphatic carbocycles. The summed E-state index contributed by atoms with van der Waals surface area (Å²) in [4.78, 5) is 13.0. The van der Waals surface area contributed by atoms with Gasteiger partial charge in [-0.05, 0) is 11.5 Å². The predicted molar refractivity (Wildman–Crippen MR) is 103 cm³/mol. The second-order valence-corrected chi connectivity index (χ2v) is 6.18. The Hall–Kier alpha value is -2.69. The van der Waals surface area contributed by atoms with E-state index in [4.69, 9.17) is 14.2 Å². The topological polar surface area (TPSA) is 56.8 Å². The molecule has 2 aromatic rings. The van der Waals surface area contributed by atoms with Gasteiger partial charge in [-0.1, -0.05) is 50.6 Å². The van der Waals surface area contributed by atoms with Crippen LogP contribution in [0.3, 0.4) is 0 Å². The normalized spacial score (nSPS) is 12.8. The highest BCUT2D eigenvalue weighted by atomic mass is 16.5. The van der Waals surface area contributed by atoms with Crippen molar-refractivity contribution in [3.8, 4) is 17.2 Å². The van der Waals surface area contributed by atoms with Crippen molar-refractivity contribution in [3.05, 3.63) is 48.0 Å². The Balaban J connectivity index is 2.34. The Morgan fingerprint density at radius 1 is 1.00 bits per heavy atom. The Morgan fingerprint density at radius 3 is 2.04 bits per heavy atom. The second kappa shape index (κ2) is 9.13. The first-order valence-corrected chi connectivity index (χ1v) is 8.71. The number of nitrogens with one attached hydrogen (secondary N) is 1. The zero-order valence-electron chi connectivity index (χ0n) is 16.0. The maximum Gasteiger partial charge on any atom is 0.232 e. The number of hydrogen-bond acceptors (Lipinski definition) is 4. The number of amides is 1. The van der Waals surface area contributed by atoms with Gasteiger partial charge in [-0.3, -0.25) is 4.79 Å². The number of hydrogen-bond donors (Lipinski definition) is 1. The number of rotatable bonds is 8. The monoisotopic (exact) mass is 357 g/mol. The second-order valence-electron chi connectivity index (χ2n) is 6.18. The number of benzene rings is 2. The molecule has 0 bridgehead atoms. The molecule has 0 heterocycles. The quantitative estimate of drug-likeness (QED) is 0.757. The van der Waals surface area contributed by atoms with Crippen LogP contribution >= 0.6 is 0 Å². The fraction of sp³-hybridized carbons (Fsp3) is 0.381. The largest absolute Gasteiger partial charge is 0.493 e. The van der Waals surface area contributed by atoms with Crippen LogP contribution in [0, 0.1) is 5.92 Å². The molecule has 26 heavy (non-hydrogen) atoms. The van der Waals surface area contributed by atoms with Crippen molar-refractivity contribution in [2.75, 3.05) is 26.6 Å². The lowest BCUT2D eigenvalue weighted by molar-refractivity contribution is -0.118. The summed E-state index contributed by atoms with van der Waals surface area (Å²) in [5.41, 5.74) is 1.61. The van der Waals surface area contributed by atoms with E-state index < -0.39 is 0 Å². The van der Waals surface area contributed by atoms with Gasteiger partial charge in [0.15, 0.2) is 11.5 Å². The average molecular weight is 357 g/mol. The molecule has 0 fully saturated rings. The van der Waals surface area contributed by atoms with E-state index in [-0.39, 0.29) is 17.7 Å². The van der Waals surface area contributed by atoms with Crippen LogP contribution in [0.5, 0.6) is 17.2 Å². The highest BCUT2D eigenvalue weighted by Crippen LogP contribution is 2.40. The number of methoxy groups -OCH3 is 3. The molecule has 2 aromatic carbocycles. The molecular weight excluding hydrogens is 330 g/mol. The van der Waals surface area contributed by atoms with Crippen molar-refractivity contribution in [2.45, 2.75) is 26.2 Å². The highest BCUT2D eigenvalue weighted by Gasteiger charge is 2.26. The van der Waals surface area contributed by atoms with E-state index in [1.807, 2.05) is 30.3 Å². The van der Waals surface area contributed by atoms with Gasteiger partial charge < -0.3 is 19.5 Å². The van der Waals surface area contributed by atoms with Crippen molar-refractivity contribution in [3.63, 3.8) is 0 Å². The molecule has 0 saturated carbocycles. The minimum absolute atomic E-state index is 0.0557. The molecule has 0 unspecified atom stereocenters. The van der Waals surface area contributed by atoms with Gasteiger partial charge in [0.1, 0.15) is 0 Å². The standard InChI is InChI=1S/C21H27NO4/c1-6-14(2)19(15-10-8-7-9-11-15)21(23)22-16-12-17(24-3)20(26-5)18(13-16)25-4/h7-14,19H,6H2,1-5H3,(H,22,23)/t14-,19-/m1/s1.